The van der Waals surface area contributed by atoms with Crippen LogP contribution in [-0.2, 0) is 6.42 Å². The highest BCUT2D eigenvalue weighted by Crippen LogP contribution is 2.09. The molecule has 0 atom stereocenters. The first-order valence-corrected chi connectivity index (χ1v) is 6.24. The molecule has 17 heavy (non-hydrogen) atoms. The summed E-state index contributed by atoms with van der Waals surface area (Å²) in [6.07, 6.45) is 0.942. The van der Waals surface area contributed by atoms with Crippen molar-refractivity contribution in [2.45, 2.75) is 19.8 Å². The van der Waals surface area contributed by atoms with E-state index in [1.807, 2.05) is 13.0 Å². The smallest absolute Gasteiger partial charge is 0.261 e. The number of nitrogens with one attached hydrogen (secondary N) is 2. The van der Waals surface area contributed by atoms with Gasteiger partial charge in [0, 0.05) is 15.8 Å². The number of hydrogen-bond acceptors (Lipinski definition) is 3. The minimum atomic E-state index is -0.443. The van der Waals surface area contributed by atoms with Crippen LogP contribution in [0.1, 0.15) is 29.4 Å². The average Bonchev–Trinajstić information content (AvgIpc) is 2.31. The van der Waals surface area contributed by atoms with Gasteiger partial charge in [-0.05, 0) is 35.1 Å². The Hall–Kier alpha value is -1.36. The molecule has 90 valence electrons. The third-order valence-electron chi connectivity index (χ3n) is 2.19. The largest absolute Gasteiger partial charge is 0.351 e. The molecule has 0 aliphatic heterocycles. The molecule has 0 fully saturated rings. The van der Waals surface area contributed by atoms with Gasteiger partial charge in [-0.15, -0.1) is 0 Å². The monoisotopic (exact) mass is 345 g/mol. The number of carbonyl (C=O) groups is 1. The molecule has 1 heterocycles. The maximum atomic E-state index is 11.6. The summed E-state index contributed by atoms with van der Waals surface area (Å²) in [5.74, 6) is -0.443. The van der Waals surface area contributed by atoms with Crippen LogP contribution in [0.25, 0.3) is 0 Å². The first-order valence-electron chi connectivity index (χ1n) is 5.17. The normalized spacial score (nSPS) is 9.71. The van der Waals surface area contributed by atoms with Crippen LogP contribution in [0.15, 0.2) is 10.9 Å². The lowest BCUT2D eigenvalue weighted by Crippen LogP contribution is -2.31. The third-order valence-corrected chi connectivity index (χ3v) is 3.15. The van der Waals surface area contributed by atoms with Crippen molar-refractivity contribution < 1.29 is 4.79 Å². The van der Waals surface area contributed by atoms with Crippen molar-refractivity contribution in [1.82, 2.24) is 10.3 Å². The van der Waals surface area contributed by atoms with E-state index in [-0.39, 0.29) is 18.5 Å². The average molecular weight is 345 g/mol. The van der Waals surface area contributed by atoms with Crippen LogP contribution in [0, 0.1) is 14.9 Å². The van der Waals surface area contributed by atoms with Gasteiger partial charge in [0.25, 0.3) is 11.5 Å². The molecule has 6 heteroatoms. The highest BCUT2D eigenvalue weighted by Gasteiger charge is 2.12. The number of H-pyrrole nitrogens is 1. The van der Waals surface area contributed by atoms with E-state index in [0.29, 0.717) is 6.42 Å². The lowest BCUT2D eigenvalue weighted by Gasteiger charge is -2.05. The molecule has 0 saturated heterocycles. The predicted molar refractivity (Wildman–Crippen MR) is 71.7 cm³/mol. The molecule has 0 saturated carbocycles. The second kappa shape index (κ2) is 6.39. The number of amides is 1. The number of nitriles is 1. The summed E-state index contributed by atoms with van der Waals surface area (Å²) < 4.78 is 0.857. The van der Waals surface area contributed by atoms with Gasteiger partial charge in [0.05, 0.1) is 12.5 Å². The summed E-state index contributed by atoms with van der Waals surface area (Å²) in [5.41, 5.74) is 0.519. The summed E-state index contributed by atoms with van der Waals surface area (Å²) in [7, 11) is 0. The van der Waals surface area contributed by atoms with E-state index in [2.05, 4.69) is 32.9 Å². The number of nitrogens with zero attached hydrogens (tertiary/aromatic N) is 1. The highest BCUT2D eigenvalue weighted by atomic mass is 127. The van der Waals surface area contributed by atoms with Gasteiger partial charge >= 0.3 is 0 Å². The minimum absolute atomic E-state index is 0.0875. The number of carbonyl (C=O) groups excluding carboxylic acids is 1. The Morgan fingerprint density at radius 3 is 2.94 bits per heavy atom. The van der Waals surface area contributed by atoms with Crippen LogP contribution in [0.4, 0.5) is 0 Å². The Bertz CT molecular complexity index is 516. The zero-order valence-electron chi connectivity index (χ0n) is 9.34. The maximum Gasteiger partial charge on any atom is 0.261 e. The van der Waals surface area contributed by atoms with E-state index in [1.54, 1.807) is 6.07 Å². The van der Waals surface area contributed by atoms with Crippen LogP contribution in [0.5, 0.6) is 0 Å². The van der Waals surface area contributed by atoms with Gasteiger partial charge in [0.15, 0.2) is 0 Å². The number of rotatable bonds is 4. The van der Waals surface area contributed by atoms with Crippen molar-refractivity contribution in [3.63, 3.8) is 0 Å². The Labute approximate surface area is 112 Å². The maximum absolute atomic E-state index is 11.6. The summed E-state index contributed by atoms with van der Waals surface area (Å²) in [6, 6.07) is 3.49. The Morgan fingerprint density at radius 1 is 1.65 bits per heavy atom. The van der Waals surface area contributed by atoms with Crippen LogP contribution >= 0.6 is 22.6 Å². The van der Waals surface area contributed by atoms with Crippen LogP contribution in [0.2, 0.25) is 0 Å². The first-order chi connectivity index (χ1) is 8.10. The molecule has 0 aromatic carbocycles. The standard InChI is InChI=1S/C11H12IN3O2/c1-2-9-8(12)6-7(11(17)15-9)10(16)14-5-3-4-13/h6H,2-3,5H2,1H3,(H,14,16)(H,15,17). The molecule has 1 rings (SSSR count). The predicted octanol–water partition coefficient (Wildman–Crippen LogP) is 1.19. The van der Waals surface area contributed by atoms with Crippen molar-refractivity contribution in [2.75, 3.05) is 6.54 Å². The zero-order chi connectivity index (χ0) is 12.8. The van der Waals surface area contributed by atoms with Gasteiger partial charge < -0.3 is 10.3 Å². The van der Waals surface area contributed by atoms with E-state index >= 15 is 0 Å². The molecule has 0 aliphatic carbocycles. The quantitative estimate of drug-likeness (QED) is 0.635. The minimum Gasteiger partial charge on any atom is -0.351 e. The number of pyridine rings is 1. The topological polar surface area (TPSA) is 85.8 Å². The van der Waals surface area contributed by atoms with E-state index in [9.17, 15) is 9.59 Å². The van der Waals surface area contributed by atoms with Gasteiger partial charge in [-0.25, -0.2) is 0 Å². The lowest BCUT2D eigenvalue weighted by atomic mass is 10.2. The Balaban J connectivity index is 2.92. The fourth-order valence-electron chi connectivity index (χ4n) is 1.30. The molecular formula is C11H12IN3O2. The number of hydrogen-bond donors (Lipinski definition) is 2. The molecule has 0 spiro atoms. The van der Waals surface area contributed by atoms with Crippen LogP contribution in [-0.4, -0.2) is 17.4 Å². The number of aromatic nitrogens is 1. The molecule has 5 nitrogen and oxygen atoms in total. The molecular weight excluding hydrogens is 333 g/mol. The van der Waals surface area contributed by atoms with Gasteiger partial charge in [-0.1, -0.05) is 6.92 Å². The van der Waals surface area contributed by atoms with Gasteiger partial charge in [-0.3, -0.25) is 9.59 Å². The third kappa shape index (κ3) is 3.56. The molecule has 0 bridgehead atoms. The second-order valence-corrected chi connectivity index (χ2v) is 4.52. The summed E-state index contributed by atoms with van der Waals surface area (Å²) in [4.78, 5) is 26.0. The van der Waals surface area contributed by atoms with Gasteiger partial charge in [0.2, 0.25) is 0 Å². The number of halogens is 1. The number of aromatic amines is 1. The summed E-state index contributed by atoms with van der Waals surface area (Å²) in [6.45, 7) is 2.18. The van der Waals surface area contributed by atoms with Crippen LogP contribution in [0.3, 0.4) is 0 Å². The van der Waals surface area contributed by atoms with Crippen molar-refractivity contribution in [2.24, 2.45) is 0 Å². The molecule has 0 unspecified atom stereocenters. The van der Waals surface area contributed by atoms with E-state index in [0.717, 1.165) is 9.26 Å². The van der Waals surface area contributed by atoms with Gasteiger partial charge in [0.1, 0.15) is 5.56 Å². The van der Waals surface area contributed by atoms with Crippen molar-refractivity contribution in [3.05, 3.63) is 31.2 Å². The fraction of sp³-hybridized carbons (Fsp3) is 0.364. The van der Waals surface area contributed by atoms with E-state index < -0.39 is 11.5 Å². The fourth-order valence-corrected chi connectivity index (χ4v) is 2.12. The molecule has 1 aromatic heterocycles. The Kier molecular flexibility index (Phi) is 5.15. The molecule has 0 radical (unpaired) electrons. The molecule has 2 N–H and O–H groups in total. The highest BCUT2D eigenvalue weighted by molar-refractivity contribution is 14.1. The van der Waals surface area contributed by atoms with Crippen molar-refractivity contribution in [3.8, 4) is 6.07 Å². The summed E-state index contributed by atoms with van der Waals surface area (Å²) in [5, 5.41) is 10.9. The van der Waals surface area contributed by atoms with E-state index in [1.165, 1.54) is 0 Å². The van der Waals surface area contributed by atoms with Crippen molar-refractivity contribution >= 4 is 28.5 Å². The summed E-state index contributed by atoms with van der Waals surface area (Å²) >= 11 is 2.08. The number of aryl methyl sites for hydroxylation is 1. The SMILES string of the molecule is CCc1[nH]c(=O)c(C(=O)NCCC#N)cc1I. The van der Waals surface area contributed by atoms with Crippen molar-refractivity contribution in [1.29, 1.82) is 5.26 Å². The molecule has 1 amide bonds. The van der Waals surface area contributed by atoms with Gasteiger partial charge in [-0.2, -0.15) is 5.26 Å². The first kappa shape index (κ1) is 13.7. The lowest BCUT2D eigenvalue weighted by molar-refractivity contribution is 0.0953. The molecule has 0 aliphatic rings. The zero-order valence-corrected chi connectivity index (χ0v) is 11.5. The Morgan fingerprint density at radius 2 is 2.35 bits per heavy atom. The second-order valence-electron chi connectivity index (χ2n) is 3.36. The molecule has 1 aromatic rings. The van der Waals surface area contributed by atoms with E-state index in [4.69, 9.17) is 5.26 Å². The van der Waals surface area contributed by atoms with Crippen LogP contribution < -0.4 is 10.9 Å².